The standard InChI is InChI=1S/C16H20N2O3/c1-11-9-14(19)17-15(12-5-3-2-4-6-12)16(20)18(11)13-7-8-21-10-13/h2-6,11,13,15H,7-10H2,1H3,(H,17,19). The summed E-state index contributed by atoms with van der Waals surface area (Å²) in [5, 5.41) is 2.86. The molecule has 0 bridgehead atoms. The van der Waals surface area contributed by atoms with Gasteiger partial charge in [0.05, 0.1) is 12.6 Å². The molecule has 2 amide bonds. The number of amides is 2. The summed E-state index contributed by atoms with van der Waals surface area (Å²) in [6.07, 6.45) is 1.18. The third kappa shape index (κ3) is 2.78. The molecule has 0 radical (unpaired) electrons. The van der Waals surface area contributed by atoms with Crippen molar-refractivity contribution in [3.63, 3.8) is 0 Å². The summed E-state index contributed by atoms with van der Waals surface area (Å²) in [4.78, 5) is 26.9. The number of carbonyl (C=O) groups is 2. The first-order valence-electron chi connectivity index (χ1n) is 7.41. The van der Waals surface area contributed by atoms with Gasteiger partial charge >= 0.3 is 0 Å². The zero-order chi connectivity index (χ0) is 14.8. The largest absolute Gasteiger partial charge is 0.379 e. The van der Waals surface area contributed by atoms with Crippen molar-refractivity contribution in [1.29, 1.82) is 0 Å². The maximum absolute atomic E-state index is 12.9. The van der Waals surface area contributed by atoms with Crippen LogP contribution < -0.4 is 5.32 Å². The molecule has 0 spiro atoms. The molecule has 2 heterocycles. The Labute approximate surface area is 124 Å². The van der Waals surface area contributed by atoms with Crippen LogP contribution in [0.15, 0.2) is 30.3 Å². The predicted molar refractivity (Wildman–Crippen MR) is 77.5 cm³/mol. The van der Waals surface area contributed by atoms with E-state index in [9.17, 15) is 9.59 Å². The van der Waals surface area contributed by atoms with Gasteiger partial charge in [0.1, 0.15) is 6.04 Å². The van der Waals surface area contributed by atoms with E-state index in [1.807, 2.05) is 42.2 Å². The second kappa shape index (κ2) is 5.85. The van der Waals surface area contributed by atoms with Crippen LogP contribution in [0.3, 0.4) is 0 Å². The Morgan fingerprint density at radius 3 is 2.67 bits per heavy atom. The topological polar surface area (TPSA) is 58.6 Å². The lowest BCUT2D eigenvalue weighted by molar-refractivity contribution is -0.137. The van der Waals surface area contributed by atoms with Crippen LogP contribution in [-0.2, 0) is 14.3 Å². The van der Waals surface area contributed by atoms with Crippen molar-refractivity contribution >= 4 is 11.8 Å². The number of carbonyl (C=O) groups excluding carboxylic acids is 2. The fraction of sp³-hybridized carbons (Fsp3) is 0.500. The van der Waals surface area contributed by atoms with Crippen LogP contribution in [0, 0.1) is 0 Å². The fourth-order valence-corrected chi connectivity index (χ4v) is 3.17. The molecule has 2 fully saturated rings. The summed E-state index contributed by atoms with van der Waals surface area (Å²) in [5.41, 5.74) is 0.828. The van der Waals surface area contributed by atoms with E-state index < -0.39 is 6.04 Å². The summed E-state index contributed by atoms with van der Waals surface area (Å²) in [7, 11) is 0. The van der Waals surface area contributed by atoms with E-state index in [1.54, 1.807) is 0 Å². The maximum Gasteiger partial charge on any atom is 0.250 e. The maximum atomic E-state index is 12.9. The van der Waals surface area contributed by atoms with Crippen LogP contribution in [0.25, 0.3) is 0 Å². The number of benzene rings is 1. The summed E-state index contributed by atoms with van der Waals surface area (Å²) < 4.78 is 5.42. The van der Waals surface area contributed by atoms with E-state index >= 15 is 0 Å². The van der Waals surface area contributed by atoms with Crippen LogP contribution >= 0.6 is 0 Å². The van der Waals surface area contributed by atoms with Gasteiger partial charge in [-0.25, -0.2) is 0 Å². The minimum atomic E-state index is -0.593. The lowest BCUT2D eigenvalue weighted by Crippen LogP contribution is -2.48. The van der Waals surface area contributed by atoms with E-state index in [-0.39, 0.29) is 23.9 Å². The Morgan fingerprint density at radius 2 is 2.00 bits per heavy atom. The fourth-order valence-electron chi connectivity index (χ4n) is 3.17. The van der Waals surface area contributed by atoms with Gasteiger partial charge in [0.2, 0.25) is 11.8 Å². The number of nitrogens with one attached hydrogen (secondary N) is 1. The monoisotopic (exact) mass is 288 g/mol. The zero-order valence-electron chi connectivity index (χ0n) is 12.1. The molecule has 3 atom stereocenters. The third-order valence-corrected chi connectivity index (χ3v) is 4.19. The highest BCUT2D eigenvalue weighted by molar-refractivity contribution is 5.91. The minimum absolute atomic E-state index is 0.0324. The van der Waals surface area contributed by atoms with Gasteiger partial charge in [-0.1, -0.05) is 30.3 Å². The highest BCUT2D eigenvalue weighted by atomic mass is 16.5. The Hall–Kier alpha value is -1.88. The van der Waals surface area contributed by atoms with Gasteiger partial charge in [0, 0.05) is 19.1 Å². The molecule has 5 heteroatoms. The van der Waals surface area contributed by atoms with Crippen molar-refractivity contribution in [2.45, 2.75) is 37.9 Å². The van der Waals surface area contributed by atoms with Crippen LogP contribution in [0.2, 0.25) is 0 Å². The van der Waals surface area contributed by atoms with Crippen molar-refractivity contribution < 1.29 is 14.3 Å². The van der Waals surface area contributed by atoms with Crippen molar-refractivity contribution in [2.24, 2.45) is 0 Å². The first-order valence-corrected chi connectivity index (χ1v) is 7.41. The molecule has 0 aromatic heterocycles. The molecule has 2 aliphatic rings. The number of nitrogens with zero attached hydrogens (tertiary/aromatic N) is 1. The van der Waals surface area contributed by atoms with Crippen molar-refractivity contribution in [1.82, 2.24) is 10.2 Å². The second-order valence-corrected chi connectivity index (χ2v) is 5.73. The molecule has 3 unspecified atom stereocenters. The predicted octanol–water partition coefficient (Wildman–Crippen LogP) is 1.25. The molecule has 5 nitrogen and oxygen atoms in total. The molecule has 0 saturated carbocycles. The molecule has 1 aromatic rings. The molecule has 2 aliphatic heterocycles. The van der Waals surface area contributed by atoms with Crippen LogP contribution in [0.1, 0.15) is 31.4 Å². The molecule has 1 aromatic carbocycles. The van der Waals surface area contributed by atoms with Crippen molar-refractivity contribution in [3.8, 4) is 0 Å². The smallest absolute Gasteiger partial charge is 0.250 e. The normalized spacial score (nSPS) is 30.1. The molecule has 2 saturated heterocycles. The van der Waals surface area contributed by atoms with E-state index in [4.69, 9.17) is 4.74 Å². The van der Waals surface area contributed by atoms with Gasteiger partial charge < -0.3 is 15.0 Å². The van der Waals surface area contributed by atoms with E-state index in [1.165, 1.54) is 0 Å². The van der Waals surface area contributed by atoms with Crippen molar-refractivity contribution in [3.05, 3.63) is 35.9 Å². The average molecular weight is 288 g/mol. The lowest BCUT2D eigenvalue weighted by Gasteiger charge is -2.33. The van der Waals surface area contributed by atoms with E-state index in [0.29, 0.717) is 19.6 Å². The highest BCUT2D eigenvalue weighted by Gasteiger charge is 2.39. The lowest BCUT2D eigenvalue weighted by atomic mass is 10.0. The molecule has 112 valence electrons. The average Bonchev–Trinajstić information content (AvgIpc) is 2.96. The summed E-state index contributed by atoms with van der Waals surface area (Å²) in [5.74, 6) is -0.110. The second-order valence-electron chi connectivity index (χ2n) is 5.73. The molecular weight excluding hydrogens is 268 g/mol. The highest BCUT2D eigenvalue weighted by Crippen LogP contribution is 2.26. The number of hydrogen-bond donors (Lipinski definition) is 1. The van der Waals surface area contributed by atoms with Gasteiger partial charge in [0.25, 0.3) is 0 Å². The number of hydrogen-bond acceptors (Lipinski definition) is 3. The van der Waals surface area contributed by atoms with E-state index in [0.717, 1.165) is 12.0 Å². The summed E-state index contributed by atoms with van der Waals surface area (Å²) >= 11 is 0. The van der Waals surface area contributed by atoms with Crippen LogP contribution in [-0.4, -0.2) is 42.0 Å². The van der Waals surface area contributed by atoms with Crippen LogP contribution in [0.4, 0.5) is 0 Å². The zero-order valence-corrected chi connectivity index (χ0v) is 12.1. The van der Waals surface area contributed by atoms with Gasteiger partial charge in [0.15, 0.2) is 0 Å². The Kier molecular flexibility index (Phi) is 3.92. The molecular formula is C16H20N2O3. The SMILES string of the molecule is CC1CC(=O)NC(c2ccccc2)C(=O)N1C1CCOC1. The molecule has 0 aliphatic carbocycles. The van der Waals surface area contributed by atoms with Crippen molar-refractivity contribution in [2.75, 3.05) is 13.2 Å². The van der Waals surface area contributed by atoms with Gasteiger partial charge in [-0.05, 0) is 18.9 Å². The van der Waals surface area contributed by atoms with E-state index in [2.05, 4.69) is 5.32 Å². The van der Waals surface area contributed by atoms with Gasteiger partial charge in [-0.3, -0.25) is 9.59 Å². The minimum Gasteiger partial charge on any atom is -0.379 e. The summed E-state index contributed by atoms with van der Waals surface area (Å²) in [6.45, 7) is 3.17. The molecule has 3 rings (SSSR count). The van der Waals surface area contributed by atoms with Gasteiger partial charge in [-0.2, -0.15) is 0 Å². The van der Waals surface area contributed by atoms with Gasteiger partial charge in [-0.15, -0.1) is 0 Å². The number of ether oxygens (including phenoxy) is 1. The Morgan fingerprint density at radius 1 is 1.24 bits per heavy atom. The molecule has 21 heavy (non-hydrogen) atoms. The quantitative estimate of drug-likeness (QED) is 0.891. The molecule has 1 N–H and O–H groups in total. The third-order valence-electron chi connectivity index (χ3n) is 4.19. The Bertz CT molecular complexity index is 526. The van der Waals surface area contributed by atoms with Crippen LogP contribution in [0.5, 0.6) is 0 Å². The summed E-state index contributed by atoms with van der Waals surface area (Å²) in [6, 6.07) is 8.80. The Balaban J connectivity index is 1.92. The first-order chi connectivity index (χ1) is 10.2. The first kappa shape index (κ1) is 14.1. The number of rotatable bonds is 2.